The van der Waals surface area contributed by atoms with Gasteiger partial charge in [-0.15, -0.1) is 0 Å². The molecule has 0 unspecified atom stereocenters. The molecule has 0 aromatic heterocycles. The van der Waals surface area contributed by atoms with E-state index in [4.69, 9.17) is 10.5 Å². The normalized spacial score (nSPS) is 16.8. The van der Waals surface area contributed by atoms with Crippen LogP contribution in [-0.2, 0) is 4.74 Å². The Morgan fingerprint density at radius 2 is 2.00 bits per heavy atom. The number of esters is 1. The van der Waals surface area contributed by atoms with Gasteiger partial charge in [0.2, 0.25) is 0 Å². The van der Waals surface area contributed by atoms with E-state index in [-0.39, 0.29) is 17.4 Å². The third kappa shape index (κ3) is 2.96. The highest BCUT2D eigenvalue weighted by Gasteiger charge is 2.20. The molecule has 17 heavy (non-hydrogen) atoms. The summed E-state index contributed by atoms with van der Waals surface area (Å²) in [7, 11) is 0. The molecule has 92 valence electrons. The van der Waals surface area contributed by atoms with Crippen LogP contribution in [0.4, 0.5) is 10.1 Å². The van der Waals surface area contributed by atoms with Gasteiger partial charge >= 0.3 is 5.97 Å². The Labute approximate surface area is 99.8 Å². The maximum Gasteiger partial charge on any atom is 0.340 e. The van der Waals surface area contributed by atoms with Crippen molar-refractivity contribution in [2.75, 3.05) is 5.73 Å². The van der Waals surface area contributed by atoms with Crippen molar-refractivity contribution in [2.45, 2.75) is 38.2 Å². The molecule has 2 rings (SSSR count). The standard InChI is InChI=1S/C13H16FNO2/c14-9-6-7-12(15)11(8-9)13(16)17-10-4-2-1-3-5-10/h6-8,10H,1-5,15H2. The molecule has 0 atom stereocenters. The second-order valence-electron chi connectivity index (χ2n) is 4.40. The van der Waals surface area contributed by atoms with Crippen molar-refractivity contribution >= 4 is 11.7 Å². The monoisotopic (exact) mass is 237 g/mol. The van der Waals surface area contributed by atoms with Crippen LogP contribution in [0, 0.1) is 5.82 Å². The minimum absolute atomic E-state index is 0.0427. The van der Waals surface area contributed by atoms with Gasteiger partial charge in [-0.05, 0) is 43.9 Å². The van der Waals surface area contributed by atoms with Crippen molar-refractivity contribution < 1.29 is 13.9 Å². The smallest absolute Gasteiger partial charge is 0.340 e. The predicted molar refractivity (Wildman–Crippen MR) is 63.1 cm³/mol. The number of hydrogen-bond donors (Lipinski definition) is 1. The van der Waals surface area contributed by atoms with Crippen molar-refractivity contribution in [1.82, 2.24) is 0 Å². The van der Waals surface area contributed by atoms with Gasteiger partial charge in [0, 0.05) is 5.69 Å². The number of nitrogen functional groups attached to an aromatic ring is 1. The number of anilines is 1. The molecule has 2 N–H and O–H groups in total. The van der Waals surface area contributed by atoms with Gasteiger partial charge in [0.05, 0.1) is 5.56 Å². The lowest BCUT2D eigenvalue weighted by Gasteiger charge is -2.22. The molecule has 0 heterocycles. The molecular formula is C13H16FNO2. The number of halogens is 1. The van der Waals surface area contributed by atoms with E-state index in [1.807, 2.05) is 0 Å². The molecule has 1 aliphatic carbocycles. The van der Waals surface area contributed by atoms with Crippen LogP contribution >= 0.6 is 0 Å². The summed E-state index contributed by atoms with van der Waals surface area (Å²) in [6.45, 7) is 0. The van der Waals surface area contributed by atoms with Gasteiger partial charge in [0.15, 0.2) is 0 Å². The van der Waals surface area contributed by atoms with Crippen molar-refractivity contribution in [2.24, 2.45) is 0 Å². The van der Waals surface area contributed by atoms with E-state index in [0.29, 0.717) is 0 Å². The topological polar surface area (TPSA) is 52.3 Å². The number of rotatable bonds is 2. The highest BCUT2D eigenvalue weighted by molar-refractivity contribution is 5.95. The predicted octanol–water partition coefficient (Wildman–Crippen LogP) is 2.90. The number of carbonyl (C=O) groups is 1. The number of carbonyl (C=O) groups excluding carboxylic acids is 1. The maximum absolute atomic E-state index is 13.0. The van der Waals surface area contributed by atoms with Crippen LogP contribution in [0.5, 0.6) is 0 Å². The summed E-state index contributed by atoms with van der Waals surface area (Å²) < 4.78 is 18.4. The molecule has 1 aliphatic rings. The van der Waals surface area contributed by atoms with Crippen LogP contribution in [0.2, 0.25) is 0 Å². The van der Waals surface area contributed by atoms with Gasteiger partial charge in [-0.3, -0.25) is 0 Å². The molecule has 0 saturated heterocycles. The maximum atomic E-state index is 13.0. The van der Waals surface area contributed by atoms with E-state index in [2.05, 4.69) is 0 Å². The van der Waals surface area contributed by atoms with Crippen LogP contribution < -0.4 is 5.73 Å². The summed E-state index contributed by atoms with van der Waals surface area (Å²) in [5.41, 5.74) is 6.01. The summed E-state index contributed by atoms with van der Waals surface area (Å²) in [5, 5.41) is 0. The number of benzene rings is 1. The second kappa shape index (κ2) is 5.17. The lowest BCUT2D eigenvalue weighted by Crippen LogP contribution is -2.21. The fourth-order valence-corrected chi connectivity index (χ4v) is 2.10. The van der Waals surface area contributed by atoms with Gasteiger partial charge in [0.25, 0.3) is 0 Å². The Bertz CT molecular complexity index is 414. The first-order valence-corrected chi connectivity index (χ1v) is 5.93. The summed E-state index contributed by atoms with van der Waals surface area (Å²) in [6, 6.07) is 3.74. The zero-order valence-corrected chi connectivity index (χ0v) is 9.62. The highest BCUT2D eigenvalue weighted by atomic mass is 19.1. The largest absolute Gasteiger partial charge is 0.459 e. The summed E-state index contributed by atoms with van der Waals surface area (Å²) in [4.78, 5) is 11.8. The first-order chi connectivity index (χ1) is 8.16. The molecule has 3 nitrogen and oxygen atoms in total. The lowest BCUT2D eigenvalue weighted by molar-refractivity contribution is 0.0212. The van der Waals surface area contributed by atoms with Gasteiger partial charge in [0.1, 0.15) is 11.9 Å². The Morgan fingerprint density at radius 3 is 2.71 bits per heavy atom. The van der Waals surface area contributed by atoms with E-state index in [1.54, 1.807) is 0 Å². The quantitative estimate of drug-likeness (QED) is 0.635. The Hall–Kier alpha value is -1.58. The molecule has 0 spiro atoms. The Kier molecular flexibility index (Phi) is 3.61. The molecule has 1 aromatic carbocycles. The molecular weight excluding hydrogens is 221 g/mol. The minimum Gasteiger partial charge on any atom is -0.459 e. The number of nitrogens with two attached hydrogens (primary N) is 1. The fourth-order valence-electron chi connectivity index (χ4n) is 2.10. The van der Waals surface area contributed by atoms with Gasteiger partial charge in [-0.2, -0.15) is 0 Å². The second-order valence-corrected chi connectivity index (χ2v) is 4.40. The average molecular weight is 237 g/mol. The van der Waals surface area contributed by atoms with E-state index < -0.39 is 11.8 Å². The summed E-state index contributed by atoms with van der Waals surface area (Å²) >= 11 is 0. The van der Waals surface area contributed by atoms with Crippen LogP contribution in [0.3, 0.4) is 0 Å². The van der Waals surface area contributed by atoms with Crippen molar-refractivity contribution in [1.29, 1.82) is 0 Å². The SMILES string of the molecule is Nc1ccc(F)cc1C(=O)OC1CCCCC1. The average Bonchev–Trinajstić information content (AvgIpc) is 2.33. The molecule has 1 fully saturated rings. The zero-order valence-electron chi connectivity index (χ0n) is 9.62. The van der Waals surface area contributed by atoms with Crippen LogP contribution in [0.15, 0.2) is 18.2 Å². The third-order valence-electron chi connectivity index (χ3n) is 3.06. The zero-order chi connectivity index (χ0) is 12.3. The van der Waals surface area contributed by atoms with Crippen molar-refractivity contribution in [3.05, 3.63) is 29.6 Å². The van der Waals surface area contributed by atoms with Gasteiger partial charge < -0.3 is 10.5 Å². The van der Waals surface area contributed by atoms with Crippen LogP contribution in [0.1, 0.15) is 42.5 Å². The van der Waals surface area contributed by atoms with Crippen LogP contribution in [0.25, 0.3) is 0 Å². The third-order valence-corrected chi connectivity index (χ3v) is 3.06. The summed E-state index contributed by atoms with van der Waals surface area (Å²) in [6.07, 6.45) is 5.09. The fraction of sp³-hybridized carbons (Fsp3) is 0.462. The van der Waals surface area contributed by atoms with E-state index in [0.717, 1.165) is 31.7 Å². The van der Waals surface area contributed by atoms with E-state index in [9.17, 15) is 9.18 Å². The number of hydrogen-bond acceptors (Lipinski definition) is 3. The highest BCUT2D eigenvalue weighted by Crippen LogP contribution is 2.23. The molecule has 0 amide bonds. The Balaban J connectivity index is 2.05. The minimum atomic E-state index is -0.520. The van der Waals surface area contributed by atoms with Gasteiger partial charge in [-0.1, -0.05) is 6.42 Å². The molecule has 1 saturated carbocycles. The first-order valence-electron chi connectivity index (χ1n) is 5.93. The first kappa shape index (κ1) is 11.9. The van der Waals surface area contributed by atoms with E-state index >= 15 is 0 Å². The van der Waals surface area contributed by atoms with Crippen molar-refractivity contribution in [3.63, 3.8) is 0 Å². The molecule has 0 radical (unpaired) electrons. The van der Waals surface area contributed by atoms with Crippen molar-refractivity contribution in [3.8, 4) is 0 Å². The summed E-state index contributed by atoms with van der Waals surface area (Å²) in [5.74, 6) is -0.997. The van der Waals surface area contributed by atoms with Crippen LogP contribution in [-0.4, -0.2) is 12.1 Å². The molecule has 1 aromatic rings. The molecule has 4 heteroatoms. The molecule has 0 aliphatic heterocycles. The molecule has 0 bridgehead atoms. The lowest BCUT2D eigenvalue weighted by atomic mass is 9.98. The Morgan fingerprint density at radius 1 is 1.29 bits per heavy atom. The number of ether oxygens (including phenoxy) is 1. The van der Waals surface area contributed by atoms with Gasteiger partial charge in [-0.25, -0.2) is 9.18 Å². The van der Waals surface area contributed by atoms with E-state index in [1.165, 1.54) is 18.6 Å².